The van der Waals surface area contributed by atoms with E-state index in [4.69, 9.17) is 0 Å². The molecular weight excluding hydrogens is 126 g/mol. The van der Waals surface area contributed by atoms with Gasteiger partial charge in [0.2, 0.25) is 0 Å². The van der Waals surface area contributed by atoms with Crippen LogP contribution in [0.4, 0.5) is 0 Å². The van der Waals surface area contributed by atoms with E-state index in [0.29, 0.717) is 12.1 Å². The minimum Gasteiger partial charge on any atom is -0.632 e. The van der Waals surface area contributed by atoms with Crippen LogP contribution in [0.2, 0.25) is 0 Å². The Bertz CT molecular complexity index is 142. The Labute approximate surface area is 62.0 Å². The molecule has 0 spiro atoms. The number of hydroxylamine groups is 3. The van der Waals surface area contributed by atoms with E-state index in [0.717, 1.165) is 6.54 Å². The molecule has 1 heterocycles. The molecule has 1 saturated carbocycles. The molecule has 0 bridgehead atoms. The van der Waals surface area contributed by atoms with Crippen LogP contribution in [0.5, 0.6) is 0 Å². The van der Waals surface area contributed by atoms with Gasteiger partial charge in [-0.2, -0.15) is 0 Å². The van der Waals surface area contributed by atoms with Gasteiger partial charge in [0, 0.05) is 0 Å². The summed E-state index contributed by atoms with van der Waals surface area (Å²) in [6.45, 7) is 2.97. The van der Waals surface area contributed by atoms with Crippen molar-refractivity contribution in [1.29, 1.82) is 0 Å². The quantitative estimate of drug-likeness (QED) is 0.309. The van der Waals surface area contributed by atoms with E-state index in [-0.39, 0.29) is 4.65 Å². The number of hydrogen-bond donors (Lipinski definition) is 0. The van der Waals surface area contributed by atoms with E-state index >= 15 is 0 Å². The van der Waals surface area contributed by atoms with E-state index in [1.54, 1.807) is 0 Å². The van der Waals surface area contributed by atoms with Crippen molar-refractivity contribution in [3.05, 3.63) is 5.21 Å². The molecule has 0 amide bonds. The van der Waals surface area contributed by atoms with Gasteiger partial charge in [0.25, 0.3) is 0 Å². The molecule has 1 saturated heterocycles. The largest absolute Gasteiger partial charge is 0.632 e. The lowest BCUT2D eigenvalue weighted by molar-refractivity contribution is -0.787. The van der Waals surface area contributed by atoms with Crippen LogP contribution in [0.15, 0.2) is 0 Å². The summed E-state index contributed by atoms with van der Waals surface area (Å²) >= 11 is 0. The Morgan fingerprint density at radius 1 is 1.30 bits per heavy atom. The van der Waals surface area contributed by atoms with Crippen LogP contribution in [0.3, 0.4) is 0 Å². The smallest absolute Gasteiger partial charge is 0.136 e. The summed E-state index contributed by atoms with van der Waals surface area (Å²) in [5.41, 5.74) is 0. The van der Waals surface area contributed by atoms with Crippen molar-refractivity contribution in [3.63, 3.8) is 0 Å². The highest BCUT2D eigenvalue weighted by Gasteiger charge is 2.49. The normalized spacial score (nSPS) is 48.0. The first-order valence-electron chi connectivity index (χ1n) is 4.32. The lowest BCUT2D eigenvalue weighted by Gasteiger charge is -2.30. The molecule has 0 aromatic rings. The fourth-order valence-electron chi connectivity index (χ4n) is 2.22. The summed E-state index contributed by atoms with van der Waals surface area (Å²) in [5.74, 6) is 0. The van der Waals surface area contributed by atoms with Crippen LogP contribution in [0.25, 0.3) is 0 Å². The van der Waals surface area contributed by atoms with Crippen molar-refractivity contribution < 1.29 is 4.65 Å². The van der Waals surface area contributed by atoms with Crippen LogP contribution >= 0.6 is 0 Å². The van der Waals surface area contributed by atoms with Gasteiger partial charge in [0.1, 0.15) is 12.6 Å². The van der Waals surface area contributed by atoms with Gasteiger partial charge in [0.05, 0.1) is 6.04 Å². The van der Waals surface area contributed by atoms with Crippen molar-refractivity contribution in [2.75, 3.05) is 6.54 Å². The Kier molecular flexibility index (Phi) is 1.29. The fourth-order valence-corrected chi connectivity index (χ4v) is 2.22. The predicted molar refractivity (Wildman–Crippen MR) is 40.2 cm³/mol. The second kappa shape index (κ2) is 1.95. The zero-order chi connectivity index (χ0) is 7.19. The Morgan fingerprint density at radius 2 is 1.80 bits per heavy atom. The lowest BCUT2D eigenvalue weighted by Crippen LogP contribution is -2.31. The second-order valence-electron chi connectivity index (χ2n) is 3.82. The molecule has 0 N–H and O–H groups in total. The lowest BCUT2D eigenvalue weighted by atomic mass is 10.2. The molecule has 10 heavy (non-hydrogen) atoms. The Morgan fingerprint density at radius 3 is 2.20 bits per heavy atom. The van der Waals surface area contributed by atoms with Crippen LogP contribution < -0.4 is 0 Å². The van der Waals surface area contributed by atoms with E-state index in [9.17, 15) is 5.21 Å². The maximum absolute atomic E-state index is 11.7. The molecule has 1 aliphatic heterocycles. The van der Waals surface area contributed by atoms with Gasteiger partial charge in [-0.3, -0.25) is 0 Å². The predicted octanol–water partition coefficient (Wildman–Crippen LogP) is 1.65. The van der Waals surface area contributed by atoms with Gasteiger partial charge in [-0.25, -0.2) is 0 Å². The van der Waals surface area contributed by atoms with E-state index in [1.165, 1.54) is 25.7 Å². The fraction of sp³-hybridized carbons (Fsp3) is 1.00. The van der Waals surface area contributed by atoms with E-state index < -0.39 is 0 Å². The second-order valence-corrected chi connectivity index (χ2v) is 3.82. The highest BCUT2D eigenvalue weighted by Crippen LogP contribution is 2.39. The van der Waals surface area contributed by atoms with Crippen molar-refractivity contribution >= 4 is 0 Å². The first kappa shape index (κ1) is 6.62. The van der Waals surface area contributed by atoms with Gasteiger partial charge >= 0.3 is 0 Å². The molecular formula is C8H15NO. The molecule has 2 aliphatic rings. The molecule has 2 unspecified atom stereocenters. The maximum atomic E-state index is 11.7. The van der Waals surface area contributed by atoms with Gasteiger partial charge in [-0.15, -0.1) is 0 Å². The summed E-state index contributed by atoms with van der Waals surface area (Å²) in [5, 5.41) is 11.7. The summed E-state index contributed by atoms with van der Waals surface area (Å²) in [4.78, 5) is 0. The molecule has 2 fully saturated rings. The molecule has 0 aromatic heterocycles. The number of nitrogens with zero attached hydrogens (tertiary/aromatic N) is 1. The Balaban J connectivity index is 1.99. The first-order valence-corrected chi connectivity index (χ1v) is 4.32. The van der Waals surface area contributed by atoms with Crippen LogP contribution in [0, 0.1) is 5.21 Å². The molecule has 2 rings (SSSR count). The minimum atomic E-state index is 0.153. The SMILES string of the molecule is CC1C[N+]1([O-])C1CCCC1. The molecule has 1 aliphatic carbocycles. The maximum Gasteiger partial charge on any atom is 0.136 e. The number of quaternary nitrogens is 1. The van der Waals surface area contributed by atoms with E-state index in [1.807, 2.05) is 0 Å². The van der Waals surface area contributed by atoms with Crippen molar-refractivity contribution in [3.8, 4) is 0 Å². The zero-order valence-electron chi connectivity index (χ0n) is 6.55. The number of rotatable bonds is 1. The Hall–Kier alpha value is -0.0800. The van der Waals surface area contributed by atoms with Crippen LogP contribution in [-0.4, -0.2) is 23.3 Å². The first-order chi connectivity index (χ1) is 4.73. The number of hydrogen-bond acceptors (Lipinski definition) is 1. The average Bonchev–Trinajstić information content (AvgIpc) is 2.35. The van der Waals surface area contributed by atoms with Crippen LogP contribution in [0.1, 0.15) is 32.6 Å². The monoisotopic (exact) mass is 141 g/mol. The van der Waals surface area contributed by atoms with Gasteiger partial charge in [-0.1, -0.05) is 0 Å². The van der Waals surface area contributed by atoms with E-state index in [2.05, 4.69) is 6.92 Å². The van der Waals surface area contributed by atoms with Crippen molar-refractivity contribution in [1.82, 2.24) is 0 Å². The molecule has 58 valence electrons. The third-order valence-electron chi connectivity index (χ3n) is 3.10. The zero-order valence-corrected chi connectivity index (χ0v) is 6.55. The summed E-state index contributed by atoms with van der Waals surface area (Å²) in [6, 6.07) is 0.901. The summed E-state index contributed by atoms with van der Waals surface area (Å²) < 4.78 is 0.153. The van der Waals surface area contributed by atoms with Crippen LogP contribution in [-0.2, 0) is 0 Å². The standard InChI is InChI=1S/C8H15NO/c1-7-6-9(7,10)8-4-2-3-5-8/h7-8H,2-6H2,1H3. The minimum absolute atomic E-state index is 0.153. The summed E-state index contributed by atoms with van der Waals surface area (Å²) in [6.07, 6.45) is 4.96. The molecule has 0 aromatic carbocycles. The van der Waals surface area contributed by atoms with Gasteiger partial charge < -0.3 is 9.85 Å². The molecule has 0 radical (unpaired) electrons. The average molecular weight is 141 g/mol. The molecule has 2 atom stereocenters. The van der Waals surface area contributed by atoms with Gasteiger partial charge in [-0.05, 0) is 32.6 Å². The highest BCUT2D eigenvalue weighted by atomic mass is 16.6. The van der Waals surface area contributed by atoms with Crippen molar-refractivity contribution in [2.45, 2.75) is 44.7 Å². The third-order valence-corrected chi connectivity index (χ3v) is 3.10. The molecule has 2 nitrogen and oxygen atoms in total. The molecule has 2 heteroatoms. The summed E-state index contributed by atoms with van der Waals surface area (Å²) in [7, 11) is 0. The topological polar surface area (TPSA) is 23.1 Å². The highest BCUT2D eigenvalue weighted by molar-refractivity contribution is 4.79. The van der Waals surface area contributed by atoms with Gasteiger partial charge in [0.15, 0.2) is 0 Å². The third kappa shape index (κ3) is 0.789. The van der Waals surface area contributed by atoms with Crippen molar-refractivity contribution in [2.24, 2.45) is 0 Å².